The fourth-order valence-electron chi connectivity index (χ4n) is 2.29. The first-order valence-electron chi connectivity index (χ1n) is 7.42. The summed E-state index contributed by atoms with van der Waals surface area (Å²) in [6.45, 7) is 10.4. The van der Waals surface area contributed by atoms with Gasteiger partial charge in [-0.25, -0.2) is 0 Å². The Kier molecular flexibility index (Phi) is 5.22. The molecule has 114 valence electrons. The Morgan fingerprint density at radius 1 is 1.19 bits per heavy atom. The number of hydrogen-bond acceptors (Lipinski definition) is 2. The van der Waals surface area contributed by atoms with Crippen molar-refractivity contribution in [1.29, 1.82) is 0 Å². The highest BCUT2D eigenvalue weighted by molar-refractivity contribution is 9.10. The minimum absolute atomic E-state index is 0.121. The summed E-state index contributed by atoms with van der Waals surface area (Å²) in [6, 6.07) is 8.32. The van der Waals surface area contributed by atoms with Crippen LogP contribution in [0.1, 0.15) is 44.5 Å². The van der Waals surface area contributed by atoms with Crippen molar-refractivity contribution in [2.45, 2.75) is 52.7 Å². The SMILES string of the molecule is CCc1c(CNC(C)(C)C)cnn1Cc1ccccc1Br. The topological polar surface area (TPSA) is 29.9 Å². The van der Waals surface area contributed by atoms with Crippen LogP contribution < -0.4 is 5.32 Å². The Labute approximate surface area is 135 Å². The maximum atomic E-state index is 4.58. The fourth-order valence-corrected chi connectivity index (χ4v) is 2.70. The van der Waals surface area contributed by atoms with Gasteiger partial charge in [0.15, 0.2) is 0 Å². The third-order valence-corrected chi connectivity index (χ3v) is 4.23. The van der Waals surface area contributed by atoms with Gasteiger partial charge in [0.05, 0.1) is 12.7 Å². The highest BCUT2D eigenvalue weighted by Crippen LogP contribution is 2.19. The summed E-state index contributed by atoms with van der Waals surface area (Å²) in [5, 5.41) is 8.12. The van der Waals surface area contributed by atoms with Crippen molar-refractivity contribution >= 4 is 15.9 Å². The second kappa shape index (κ2) is 6.75. The van der Waals surface area contributed by atoms with Crippen molar-refractivity contribution in [3.63, 3.8) is 0 Å². The smallest absolute Gasteiger partial charge is 0.0673 e. The van der Waals surface area contributed by atoms with Gasteiger partial charge in [-0.2, -0.15) is 5.10 Å². The molecule has 1 heterocycles. The van der Waals surface area contributed by atoms with Crippen molar-refractivity contribution in [1.82, 2.24) is 15.1 Å². The maximum Gasteiger partial charge on any atom is 0.0673 e. The maximum absolute atomic E-state index is 4.58. The molecule has 0 amide bonds. The van der Waals surface area contributed by atoms with Gasteiger partial charge >= 0.3 is 0 Å². The van der Waals surface area contributed by atoms with Crippen LogP contribution in [0.25, 0.3) is 0 Å². The monoisotopic (exact) mass is 349 g/mol. The minimum atomic E-state index is 0.121. The molecule has 0 bridgehead atoms. The fraction of sp³-hybridized carbons (Fsp3) is 0.471. The van der Waals surface area contributed by atoms with E-state index >= 15 is 0 Å². The van der Waals surface area contributed by atoms with Crippen LogP contribution >= 0.6 is 15.9 Å². The van der Waals surface area contributed by atoms with Crippen LogP contribution in [0.5, 0.6) is 0 Å². The Bertz CT molecular complexity index is 596. The molecule has 0 saturated heterocycles. The van der Waals surface area contributed by atoms with Crippen molar-refractivity contribution in [2.24, 2.45) is 0 Å². The van der Waals surface area contributed by atoms with Gasteiger partial charge in [0.1, 0.15) is 0 Å². The summed E-state index contributed by atoms with van der Waals surface area (Å²) in [7, 11) is 0. The van der Waals surface area contributed by atoms with Crippen LogP contribution in [-0.2, 0) is 19.5 Å². The lowest BCUT2D eigenvalue weighted by Crippen LogP contribution is -2.35. The van der Waals surface area contributed by atoms with E-state index in [1.807, 2.05) is 12.3 Å². The molecule has 0 fully saturated rings. The van der Waals surface area contributed by atoms with E-state index in [9.17, 15) is 0 Å². The molecule has 1 aromatic carbocycles. The van der Waals surface area contributed by atoms with Gasteiger partial charge in [-0.3, -0.25) is 4.68 Å². The van der Waals surface area contributed by atoms with Gasteiger partial charge in [0.25, 0.3) is 0 Å². The van der Waals surface area contributed by atoms with E-state index in [4.69, 9.17) is 0 Å². The molecule has 3 nitrogen and oxygen atoms in total. The normalized spacial score (nSPS) is 11.9. The van der Waals surface area contributed by atoms with Gasteiger partial charge in [-0.1, -0.05) is 41.1 Å². The average molecular weight is 350 g/mol. The van der Waals surface area contributed by atoms with Gasteiger partial charge < -0.3 is 5.32 Å². The Morgan fingerprint density at radius 3 is 2.52 bits per heavy atom. The molecule has 0 saturated carbocycles. The Morgan fingerprint density at radius 2 is 1.90 bits per heavy atom. The highest BCUT2D eigenvalue weighted by Gasteiger charge is 2.14. The molecule has 0 aliphatic rings. The summed E-state index contributed by atoms with van der Waals surface area (Å²) in [5.41, 5.74) is 3.97. The van der Waals surface area contributed by atoms with E-state index in [0.717, 1.165) is 24.0 Å². The lowest BCUT2D eigenvalue weighted by Gasteiger charge is -2.20. The first-order chi connectivity index (χ1) is 9.90. The van der Waals surface area contributed by atoms with Crippen LogP contribution in [0.2, 0.25) is 0 Å². The van der Waals surface area contributed by atoms with Crippen molar-refractivity contribution < 1.29 is 0 Å². The number of aromatic nitrogens is 2. The number of nitrogens with zero attached hydrogens (tertiary/aromatic N) is 2. The number of rotatable bonds is 5. The van der Waals surface area contributed by atoms with Crippen LogP contribution in [0.4, 0.5) is 0 Å². The predicted molar refractivity (Wildman–Crippen MR) is 91.4 cm³/mol. The van der Waals surface area contributed by atoms with E-state index in [2.05, 4.69) is 76.9 Å². The van der Waals surface area contributed by atoms with E-state index in [1.54, 1.807) is 0 Å². The van der Waals surface area contributed by atoms with Crippen LogP contribution in [0.15, 0.2) is 34.9 Å². The summed E-state index contributed by atoms with van der Waals surface area (Å²) in [6.07, 6.45) is 2.99. The second-order valence-corrected chi connectivity index (χ2v) is 7.18. The Balaban J connectivity index is 2.18. The molecular formula is C17H24BrN3. The zero-order valence-electron chi connectivity index (χ0n) is 13.3. The molecule has 21 heavy (non-hydrogen) atoms. The molecule has 0 aliphatic carbocycles. The quantitative estimate of drug-likeness (QED) is 0.878. The average Bonchev–Trinajstić information content (AvgIpc) is 2.80. The molecule has 1 aromatic heterocycles. The van der Waals surface area contributed by atoms with Crippen molar-refractivity contribution in [3.05, 3.63) is 51.8 Å². The first kappa shape index (κ1) is 16.2. The van der Waals surface area contributed by atoms with Crippen LogP contribution in [0.3, 0.4) is 0 Å². The number of benzene rings is 1. The molecule has 4 heteroatoms. The van der Waals surface area contributed by atoms with Crippen LogP contribution in [-0.4, -0.2) is 15.3 Å². The molecule has 2 rings (SSSR count). The summed E-state index contributed by atoms with van der Waals surface area (Å²) < 4.78 is 3.25. The number of halogens is 1. The molecule has 0 radical (unpaired) electrons. The third-order valence-electron chi connectivity index (χ3n) is 3.46. The molecule has 1 N–H and O–H groups in total. The first-order valence-corrected chi connectivity index (χ1v) is 8.22. The highest BCUT2D eigenvalue weighted by atomic mass is 79.9. The molecule has 0 atom stereocenters. The van der Waals surface area contributed by atoms with E-state index in [-0.39, 0.29) is 5.54 Å². The van der Waals surface area contributed by atoms with E-state index < -0.39 is 0 Å². The summed E-state index contributed by atoms with van der Waals surface area (Å²) in [4.78, 5) is 0. The molecule has 2 aromatic rings. The molecule has 0 spiro atoms. The number of hydrogen-bond donors (Lipinski definition) is 1. The van der Waals surface area contributed by atoms with Crippen LogP contribution in [0, 0.1) is 0 Å². The zero-order chi connectivity index (χ0) is 15.5. The second-order valence-electron chi connectivity index (χ2n) is 6.32. The molecule has 0 aliphatic heterocycles. The minimum Gasteiger partial charge on any atom is -0.308 e. The molecular weight excluding hydrogens is 326 g/mol. The lowest BCUT2D eigenvalue weighted by molar-refractivity contribution is 0.423. The molecule has 0 unspecified atom stereocenters. The Hall–Kier alpha value is -1.13. The largest absolute Gasteiger partial charge is 0.308 e. The van der Waals surface area contributed by atoms with Gasteiger partial charge in [-0.05, 0) is 38.8 Å². The zero-order valence-corrected chi connectivity index (χ0v) is 14.9. The summed E-state index contributed by atoms with van der Waals surface area (Å²) in [5.74, 6) is 0. The third kappa shape index (κ3) is 4.42. The van der Waals surface area contributed by atoms with Crippen molar-refractivity contribution in [3.8, 4) is 0 Å². The van der Waals surface area contributed by atoms with Gasteiger partial charge in [-0.15, -0.1) is 0 Å². The van der Waals surface area contributed by atoms with Gasteiger partial charge in [0.2, 0.25) is 0 Å². The standard InChI is InChI=1S/C17H24BrN3/c1-5-16-14(10-19-17(2,3)4)11-20-21(16)12-13-8-6-7-9-15(13)18/h6-9,11,19H,5,10,12H2,1-4H3. The summed E-state index contributed by atoms with van der Waals surface area (Å²) >= 11 is 3.61. The van der Waals surface area contributed by atoms with E-state index in [0.29, 0.717) is 0 Å². The predicted octanol–water partition coefficient (Wildman–Crippen LogP) is 4.14. The lowest BCUT2D eigenvalue weighted by atomic mass is 10.1. The number of nitrogens with one attached hydrogen (secondary N) is 1. The van der Waals surface area contributed by atoms with Crippen molar-refractivity contribution in [2.75, 3.05) is 0 Å². The van der Waals surface area contributed by atoms with E-state index in [1.165, 1.54) is 16.8 Å². The van der Waals surface area contributed by atoms with Gasteiger partial charge in [0, 0.05) is 27.8 Å².